The van der Waals surface area contributed by atoms with Gasteiger partial charge in [-0.2, -0.15) is 0 Å². The molecule has 0 aromatic carbocycles. The summed E-state index contributed by atoms with van der Waals surface area (Å²) in [5.74, 6) is 1.60. The van der Waals surface area contributed by atoms with E-state index in [9.17, 15) is 0 Å². The molecule has 0 spiro atoms. The van der Waals surface area contributed by atoms with Gasteiger partial charge in [0.15, 0.2) is 0 Å². The molecule has 90 valence electrons. The lowest BCUT2D eigenvalue weighted by atomic mass is 10.4. The first kappa shape index (κ1) is 13.2. The van der Waals surface area contributed by atoms with Crippen LogP contribution >= 0.6 is 15.9 Å². The average Bonchev–Trinajstić information content (AvgIpc) is 2.30. The van der Waals surface area contributed by atoms with Gasteiger partial charge in [-0.25, -0.2) is 9.97 Å². The first-order valence-corrected chi connectivity index (χ1v) is 6.06. The standard InChI is InChI=1S/C10H17BrN4O/c1-3-4-12-9-8(11)10(15-7-14-9)13-5-6-16-2/h7H,3-6H2,1-2H3,(H2,12,13,14,15). The van der Waals surface area contributed by atoms with Crippen molar-refractivity contribution in [3.8, 4) is 0 Å². The van der Waals surface area contributed by atoms with Crippen LogP contribution in [-0.2, 0) is 4.74 Å². The summed E-state index contributed by atoms with van der Waals surface area (Å²) in [6.07, 6.45) is 2.60. The predicted octanol–water partition coefficient (Wildman–Crippen LogP) is 2.12. The fourth-order valence-electron chi connectivity index (χ4n) is 1.13. The zero-order valence-electron chi connectivity index (χ0n) is 9.59. The molecule has 1 rings (SSSR count). The smallest absolute Gasteiger partial charge is 0.146 e. The van der Waals surface area contributed by atoms with Gasteiger partial charge in [0.05, 0.1) is 6.61 Å². The van der Waals surface area contributed by atoms with E-state index in [1.165, 1.54) is 6.33 Å². The van der Waals surface area contributed by atoms with E-state index < -0.39 is 0 Å². The normalized spacial score (nSPS) is 10.2. The molecule has 0 bridgehead atoms. The Kier molecular flexibility index (Phi) is 6.10. The number of rotatable bonds is 7. The Morgan fingerprint density at radius 1 is 1.25 bits per heavy atom. The van der Waals surface area contributed by atoms with Gasteiger partial charge in [-0.3, -0.25) is 0 Å². The quantitative estimate of drug-likeness (QED) is 0.753. The van der Waals surface area contributed by atoms with Gasteiger partial charge < -0.3 is 15.4 Å². The van der Waals surface area contributed by atoms with Gasteiger partial charge in [-0.1, -0.05) is 6.92 Å². The fraction of sp³-hybridized carbons (Fsp3) is 0.600. The maximum absolute atomic E-state index is 4.96. The van der Waals surface area contributed by atoms with Crippen LogP contribution in [0.1, 0.15) is 13.3 Å². The Morgan fingerprint density at radius 3 is 2.44 bits per heavy atom. The summed E-state index contributed by atoms with van der Waals surface area (Å²) in [6, 6.07) is 0. The maximum Gasteiger partial charge on any atom is 0.146 e. The molecule has 0 radical (unpaired) electrons. The Labute approximate surface area is 104 Å². The third-order valence-corrected chi connectivity index (χ3v) is 2.68. The van der Waals surface area contributed by atoms with E-state index in [4.69, 9.17) is 4.74 Å². The van der Waals surface area contributed by atoms with Crippen molar-refractivity contribution < 1.29 is 4.74 Å². The van der Waals surface area contributed by atoms with Crippen molar-refractivity contribution in [1.29, 1.82) is 0 Å². The molecule has 6 heteroatoms. The lowest BCUT2D eigenvalue weighted by Gasteiger charge is -2.10. The Balaban J connectivity index is 2.62. The second-order valence-corrected chi connectivity index (χ2v) is 4.02. The van der Waals surface area contributed by atoms with E-state index >= 15 is 0 Å². The molecular formula is C10H17BrN4O. The molecule has 0 fully saturated rings. The molecule has 0 unspecified atom stereocenters. The van der Waals surface area contributed by atoms with Crippen molar-refractivity contribution in [1.82, 2.24) is 9.97 Å². The molecule has 5 nitrogen and oxygen atoms in total. The van der Waals surface area contributed by atoms with Crippen LogP contribution in [0.4, 0.5) is 11.6 Å². The van der Waals surface area contributed by atoms with Crippen molar-refractivity contribution in [2.24, 2.45) is 0 Å². The molecular weight excluding hydrogens is 272 g/mol. The number of ether oxygens (including phenoxy) is 1. The van der Waals surface area contributed by atoms with Gasteiger partial charge in [-0.05, 0) is 22.4 Å². The highest BCUT2D eigenvalue weighted by Gasteiger charge is 2.06. The maximum atomic E-state index is 4.96. The van der Waals surface area contributed by atoms with Crippen molar-refractivity contribution in [3.05, 3.63) is 10.8 Å². The number of aromatic nitrogens is 2. The average molecular weight is 289 g/mol. The first-order valence-electron chi connectivity index (χ1n) is 5.26. The molecule has 16 heavy (non-hydrogen) atoms. The van der Waals surface area contributed by atoms with Crippen LogP contribution in [0.25, 0.3) is 0 Å². The largest absolute Gasteiger partial charge is 0.383 e. The summed E-state index contributed by atoms with van der Waals surface area (Å²) in [4.78, 5) is 8.32. The fourth-order valence-corrected chi connectivity index (χ4v) is 1.62. The molecule has 0 amide bonds. The minimum absolute atomic E-state index is 0.647. The number of hydrogen-bond donors (Lipinski definition) is 2. The highest BCUT2D eigenvalue weighted by molar-refractivity contribution is 9.10. The Morgan fingerprint density at radius 2 is 1.88 bits per heavy atom. The van der Waals surface area contributed by atoms with Crippen molar-refractivity contribution in [2.75, 3.05) is 37.4 Å². The van der Waals surface area contributed by atoms with Crippen LogP contribution in [-0.4, -0.2) is 36.8 Å². The summed E-state index contributed by atoms with van der Waals surface area (Å²) < 4.78 is 5.82. The summed E-state index contributed by atoms with van der Waals surface area (Å²) in [5, 5.41) is 6.39. The third kappa shape index (κ3) is 3.94. The van der Waals surface area contributed by atoms with Crippen LogP contribution in [0, 0.1) is 0 Å². The van der Waals surface area contributed by atoms with Crippen LogP contribution < -0.4 is 10.6 Å². The molecule has 0 aliphatic carbocycles. The van der Waals surface area contributed by atoms with Crippen molar-refractivity contribution in [2.45, 2.75) is 13.3 Å². The van der Waals surface area contributed by atoms with Gasteiger partial charge in [-0.15, -0.1) is 0 Å². The molecule has 1 aromatic rings. The predicted molar refractivity (Wildman–Crippen MR) is 68.9 cm³/mol. The van der Waals surface area contributed by atoms with Gasteiger partial charge in [0.25, 0.3) is 0 Å². The zero-order valence-corrected chi connectivity index (χ0v) is 11.2. The highest BCUT2D eigenvalue weighted by Crippen LogP contribution is 2.26. The van der Waals surface area contributed by atoms with Gasteiger partial charge in [0.1, 0.15) is 22.4 Å². The van der Waals surface area contributed by atoms with Crippen molar-refractivity contribution in [3.63, 3.8) is 0 Å². The lowest BCUT2D eigenvalue weighted by molar-refractivity contribution is 0.210. The van der Waals surface area contributed by atoms with Gasteiger partial charge >= 0.3 is 0 Å². The minimum Gasteiger partial charge on any atom is -0.383 e. The van der Waals surface area contributed by atoms with Crippen LogP contribution in [0.2, 0.25) is 0 Å². The summed E-state index contributed by atoms with van der Waals surface area (Å²) >= 11 is 3.47. The Bertz CT molecular complexity index is 322. The van der Waals surface area contributed by atoms with Crippen molar-refractivity contribution >= 4 is 27.6 Å². The van der Waals surface area contributed by atoms with Crippen LogP contribution in [0.3, 0.4) is 0 Å². The summed E-state index contributed by atoms with van der Waals surface area (Å²) in [7, 11) is 1.67. The number of methoxy groups -OCH3 is 1. The topological polar surface area (TPSA) is 59.1 Å². The van der Waals surface area contributed by atoms with E-state index in [1.54, 1.807) is 7.11 Å². The molecule has 0 aliphatic heterocycles. The first-order chi connectivity index (χ1) is 7.79. The Hall–Kier alpha value is -0.880. The summed E-state index contributed by atoms with van der Waals surface area (Å²) in [5.41, 5.74) is 0. The van der Waals surface area contributed by atoms with E-state index in [1.807, 2.05) is 0 Å². The minimum atomic E-state index is 0.647. The van der Waals surface area contributed by atoms with E-state index in [2.05, 4.69) is 43.5 Å². The van der Waals surface area contributed by atoms with Crippen LogP contribution in [0.5, 0.6) is 0 Å². The lowest BCUT2D eigenvalue weighted by Crippen LogP contribution is -2.11. The number of nitrogens with one attached hydrogen (secondary N) is 2. The molecule has 0 saturated carbocycles. The number of halogens is 1. The van der Waals surface area contributed by atoms with Gasteiger partial charge in [0, 0.05) is 20.2 Å². The number of anilines is 2. The molecule has 2 N–H and O–H groups in total. The van der Waals surface area contributed by atoms with Crippen LogP contribution in [0.15, 0.2) is 10.8 Å². The third-order valence-electron chi connectivity index (χ3n) is 1.93. The second-order valence-electron chi connectivity index (χ2n) is 3.23. The molecule has 1 heterocycles. The molecule has 0 atom stereocenters. The number of nitrogens with zero attached hydrogens (tertiary/aromatic N) is 2. The monoisotopic (exact) mass is 288 g/mol. The highest BCUT2D eigenvalue weighted by atomic mass is 79.9. The SMILES string of the molecule is CCCNc1ncnc(NCCOC)c1Br. The number of hydrogen-bond acceptors (Lipinski definition) is 5. The molecule has 1 aromatic heterocycles. The zero-order chi connectivity index (χ0) is 11.8. The summed E-state index contributed by atoms with van der Waals surface area (Å²) in [6.45, 7) is 4.38. The molecule has 0 saturated heterocycles. The van der Waals surface area contributed by atoms with E-state index in [-0.39, 0.29) is 0 Å². The van der Waals surface area contributed by atoms with E-state index in [0.29, 0.717) is 6.61 Å². The van der Waals surface area contributed by atoms with E-state index in [0.717, 1.165) is 35.6 Å². The molecule has 0 aliphatic rings. The second kappa shape index (κ2) is 7.40. The van der Waals surface area contributed by atoms with Gasteiger partial charge in [0.2, 0.25) is 0 Å².